The third-order valence-electron chi connectivity index (χ3n) is 7.17. The number of benzene rings is 2. The van der Waals surface area contributed by atoms with E-state index in [-0.39, 0.29) is 11.7 Å². The van der Waals surface area contributed by atoms with Crippen molar-refractivity contribution in [2.24, 2.45) is 0 Å². The number of aromatic nitrogens is 1. The van der Waals surface area contributed by atoms with Crippen molar-refractivity contribution in [3.8, 4) is 0 Å². The highest BCUT2D eigenvalue weighted by atomic mass is 32.2. The zero-order valence-electron chi connectivity index (χ0n) is 21.8. The summed E-state index contributed by atoms with van der Waals surface area (Å²) < 4.78 is 12.1. The average molecular weight is 551 g/mol. The van der Waals surface area contributed by atoms with E-state index < -0.39 is 0 Å². The molecule has 2 saturated heterocycles. The van der Waals surface area contributed by atoms with Gasteiger partial charge in [-0.1, -0.05) is 35.7 Å². The van der Waals surface area contributed by atoms with Crippen LogP contribution < -0.4 is 15.8 Å². The first-order valence-electron chi connectivity index (χ1n) is 13.3. The van der Waals surface area contributed by atoms with Crippen molar-refractivity contribution in [1.82, 2.24) is 9.88 Å². The normalized spacial score (nSPS) is 23.5. The Balaban J connectivity index is 1.13. The molecule has 3 aliphatic heterocycles. The number of rotatable bonds is 6. The van der Waals surface area contributed by atoms with Crippen LogP contribution in [0.15, 0.2) is 79.1 Å². The van der Waals surface area contributed by atoms with Crippen LogP contribution in [0.1, 0.15) is 25.5 Å². The van der Waals surface area contributed by atoms with Gasteiger partial charge in [0.15, 0.2) is 0 Å². The number of nitrogens with zero attached hydrogens (tertiary/aromatic N) is 2. The van der Waals surface area contributed by atoms with Crippen molar-refractivity contribution in [2.45, 2.75) is 51.7 Å². The number of pyridine rings is 1. The first kappa shape index (κ1) is 25.8. The highest BCUT2D eigenvalue weighted by molar-refractivity contribution is 8.05. The molecule has 3 atom stereocenters. The Morgan fingerprint density at radius 1 is 1.00 bits per heavy atom. The average Bonchev–Trinajstić information content (AvgIpc) is 2.91. The Kier molecular flexibility index (Phi) is 7.72. The maximum absolute atomic E-state index is 11.8. The van der Waals surface area contributed by atoms with Crippen LogP contribution in [0.5, 0.6) is 0 Å². The molecule has 200 valence electrons. The molecule has 1 aromatic heterocycles. The second-order valence-corrected chi connectivity index (χ2v) is 12.3. The summed E-state index contributed by atoms with van der Waals surface area (Å²) in [6.07, 6.45) is 2.26. The highest BCUT2D eigenvalue weighted by Gasteiger charge is 2.28. The van der Waals surface area contributed by atoms with Crippen LogP contribution >= 0.6 is 23.5 Å². The Labute approximate surface area is 232 Å². The summed E-state index contributed by atoms with van der Waals surface area (Å²) in [5.41, 5.74) is 3.24. The Morgan fingerprint density at radius 2 is 1.87 bits per heavy atom. The Morgan fingerprint density at radius 3 is 2.71 bits per heavy atom. The van der Waals surface area contributed by atoms with E-state index in [4.69, 9.17) is 9.47 Å². The van der Waals surface area contributed by atoms with Crippen molar-refractivity contribution in [3.05, 3.63) is 70.6 Å². The molecule has 3 aromatic rings. The van der Waals surface area contributed by atoms with Crippen molar-refractivity contribution in [2.75, 3.05) is 56.1 Å². The van der Waals surface area contributed by atoms with E-state index in [1.807, 2.05) is 29.6 Å². The number of fused-ring (bicyclic) bond motifs is 2. The lowest BCUT2D eigenvalue weighted by Gasteiger charge is -2.36. The third kappa shape index (κ3) is 5.77. The monoisotopic (exact) mass is 550 g/mol. The quantitative estimate of drug-likeness (QED) is 0.344. The smallest absolute Gasteiger partial charge is 0.249 e. The number of ether oxygens (including phenoxy) is 2. The molecule has 0 bridgehead atoms. The first-order valence-corrected chi connectivity index (χ1v) is 14.9. The van der Waals surface area contributed by atoms with Gasteiger partial charge in [0.2, 0.25) is 5.56 Å². The van der Waals surface area contributed by atoms with Crippen LogP contribution in [0, 0.1) is 0 Å². The maximum atomic E-state index is 11.8. The molecule has 2 aromatic carbocycles. The zero-order chi connectivity index (χ0) is 26.1. The summed E-state index contributed by atoms with van der Waals surface area (Å²) in [5.74, 6) is 0. The van der Waals surface area contributed by atoms with Gasteiger partial charge in [0.05, 0.1) is 18.8 Å². The third-order valence-corrected chi connectivity index (χ3v) is 9.79. The maximum Gasteiger partial charge on any atom is 0.249 e. The van der Waals surface area contributed by atoms with Gasteiger partial charge in [-0.05, 0) is 49.7 Å². The fourth-order valence-electron chi connectivity index (χ4n) is 5.51. The molecule has 0 amide bonds. The van der Waals surface area contributed by atoms with E-state index in [1.54, 1.807) is 12.3 Å². The fourth-order valence-corrected chi connectivity index (χ4v) is 7.96. The largest absolute Gasteiger partial charge is 0.384 e. The molecular weight excluding hydrogens is 516 g/mol. The summed E-state index contributed by atoms with van der Waals surface area (Å²) in [5, 5.41) is 3.63. The molecule has 9 heteroatoms. The molecule has 6 rings (SSSR count). The Bertz CT molecular complexity index is 1340. The van der Waals surface area contributed by atoms with E-state index in [0.29, 0.717) is 18.8 Å². The summed E-state index contributed by atoms with van der Waals surface area (Å²) in [6, 6.07) is 16.8. The molecule has 0 aliphatic carbocycles. The molecule has 0 spiro atoms. The second-order valence-electron chi connectivity index (χ2n) is 10.2. The zero-order valence-corrected chi connectivity index (χ0v) is 23.4. The first-order chi connectivity index (χ1) is 18.5. The van der Waals surface area contributed by atoms with Gasteiger partial charge in [-0.2, -0.15) is 0 Å². The minimum Gasteiger partial charge on any atom is -0.384 e. The van der Waals surface area contributed by atoms with Gasteiger partial charge < -0.3 is 24.7 Å². The summed E-state index contributed by atoms with van der Waals surface area (Å²) in [6.45, 7) is 10.4. The van der Waals surface area contributed by atoms with Gasteiger partial charge in [0.25, 0.3) is 0 Å². The molecule has 0 saturated carbocycles. The molecule has 2 N–H and O–H groups in total. The lowest BCUT2D eigenvalue weighted by Crippen LogP contribution is -2.46. The van der Waals surface area contributed by atoms with E-state index in [9.17, 15) is 4.79 Å². The number of hydrogen-bond donors (Lipinski definition) is 2. The molecule has 3 aliphatic rings. The van der Waals surface area contributed by atoms with Crippen LogP contribution in [0.3, 0.4) is 0 Å². The minimum atomic E-state index is -0.0784. The van der Waals surface area contributed by atoms with E-state index in [0.717, 1.165) is 50.6 Å². The summed E-state index contributed by atoms with van der Waals surface area (Å²) >= 11 is 3.67. The molecule has 2 fully saturated rings. The van der Waals surface area contributed by atoms with Crippen LogP contribution in [0.2, 0.25) is 0 Å². The van der Waals surface area contributed by atoms with Gasteiger partial charge in [-0.3, -0.25) is 9.69 Å². The number of H-pyrrole nitrogens is 1. The van der Waals surface area contributed by atoms with Crippen LogP contribution in [-0.2, 0) is 9.47 Å². The predicted molar refractivity (Wildman–Crippen MR) is 154 cm³/mol. The van der Waals surface area contributed by atoms with E-state index >= 15 is 0 Å². The SMILES string of the molecule is C[C@@H]1CN(CCNc2ccc3c(c2)Sc2cccc(C4CN(c5cc[nH]c(=O)c5)CCO4)c2S3)C[C@H](C)O1. The Hall–Kier alpha value is -2.43. The van der Waals surface area contributed by atoms with E-state index in [2.05, 4.69) is 70.3 Å². The molecule has 7 nitrogen and oxygen atoms in total. The van der Waals surface area contributed by atoms with Crippen molar-refractivity contribution in [1.29, 1.82) is 0 Å². The molecule has 1 unspecified atom stereocenters. The molecule has 38 heavy (non-hydrogen) atoms. The number of aromatic amines is 1. The minimum absolute atomic E-state index is 0.0424. The van der Waals surface area contributed by atoms with Gasteiger partial charge in [-0.25, -0.2) is 0 Å². The van der Waals surface area contributed by atoms with Gasteiger partial charge in [0, 0.05) is 82.5 Å². The molecule has 0 radical (unpaired) electrons. The van der Waals surface area contributed by atoms with Gasteiger partial charge >= 0.3 is 0 Å². The predicted octanol–water partition coefficient (Wildman–Crippen LogP) is 5.09. The molecular formula is C29H34N4O3S2. The number of hydrogen-bond acceptors (Lipinski definition) is 8. The fraction of sp³-hybridized carbons (Fsp3) is 0.414. The number of nitrogens with one attached hydrogen (secondary N) is 2. The van der Waals surface area contributed by atoms with Crippen molar-refractivity contribution in [3.63, 3.8) is 0 Å². The topological polar surface area (TPSA) is 69.8 Å². The van der Waals surface area contributed by atoms with Gasteiger partial charge in [-0.15, -0.1) is 0 Å². The standard InChI is InChI=1S/C29H34N4O3S2/c1-19-16-32(17-20(2)36-19)11-10-30-21-6-7-25-27(14-21)37-26-5-3-4-23(29(26)38-25)24-18-33(12-13-35-24)22-8-9-31-28(34)15-22/h3-9,14-15,19-20,24,30H,10-13,16-18H2,1-2H3,(H,31,34)/t19-,20+,24?. The second kappa shape index (κ2) is 11.4. The van der Waals surface area contributed by atoms with E-state index in [1.165, 1.54) is 25.1 Å². The molecule has 4 heterocycles. The van der Waals surface area contributed by atoms with Crippen molar-refractivity contribution < 1.29 is 9.47 Å². The highest BCUT2D eigenvalue weighted by Crippen LogP contribution is 2.51. The van der Waals surface area contributed by atoms with Gasteiger partial charge in [0.1, 0.15) is 6.10 Å². The lowest BCUT2D eigenvalue weighted by atomic mass is 10.1. The van der Waals surface area contributed by atoms with Crippen molar-refractivity contribution >= 4 is 34.9 Å². The van der Waals surface area contributed by atoms with Crippen LogP contribution in [-0.4, -0.2) is 68.0 Å². The van der Waals surface area contributed by atoms with Crippen LogP contribution in [0.25, 0.3) is 0 Å². The number of morpholine rings is 2. The summed E-state index contributed by atoms with van der Waals surface area (Å²) in [4.78, 5) is 24.4. The summed E-state index contributed by atoms with van der Waals surface area (Å²) in [7, 11) is 0. The van der Waals surface area contributed by atoms with Crippen LogP contribution in [0.4, 0.5) is 11.4 Å². The number of anilines is 2. The lowest BCUT2D eigenvalue weighted by molar-refractivity contribution is -0.0667.